The van der Waals surface area contributed by atoms with Crippen LogP contribution in [0.3, 0.4) is 0 Å². The summed E-state index contributed by atoms with van der Waals surface area (Å²) in [4.78, 5) is 0. The first-order chi connectivity index (χ1) is 7.08. The van der Waals surface area contributed by atoms with Gasteiger partial charge in [0.05, 0.1) is 5.75 Å². The first-order valence-corrected chi connectivity index (χ1v) is 6.79. The predicted octanol–water partition coefficient (Wildman–Crippen LogP) is 1.88. The number of rotatable bonds is 2. The Bertz CT molecular complexity index is 441. The number of sulfonamides is 1. The molecule has 0 amide bonds. The number of benzene rings is 1. The van der Waals surface area contributed by atoms with Crippen LogP contribution in [0.25, 0.3) is 0 Å². The fraction of sp³-hybridized carbons (Fsp3) is 0.400. The van der Waals surface area contributed by atoms with Crippen molar-refractivity contribution < 1.29 is 8.42 Å². The lowest BCUT2D eigenvalue weighted by atomic mass is 10.2. The van der Waals surface area contributed by atoms with Gasteiger partial charge < -0.3 is 0 Å². The highest BCUT2D eigenvalue weighted by Gasteiger charge is 2.27. The summed E-state index contributed by atoms with van der Waals surface area (Å²) < 4.78 is 24.6. The molecule has 0 aromatic heterocycles. The number of halogens is 1. The molecule has 2 rings (SSSR count). The van der Waals surface area contributed by atoms with E-state index in [4.69, 9.17) is 11.6 Å². The Morgan fingerprint density at radius 3 is 2.47 bits per heavy atom. The van der Waals surface area contributed by atoms with Gasteiger partial charge in [-0.2, -0.15) is 4.31 Å². The van der Waals surface area contributed by atoms with Gasteiger partial charge in [0.1, 0.15) is 0 Å². The van der Waals surface area contributed by atoms with Crippen molar-refractivity contribution in [3.8, 4) is 0 Å². The van der Waals surface area contributed by atoms with Crippen molar-refractivity contribution >= 4 is 21.6 Å². The highest BCUT2D eigenvalue weighted by Crippen LogP contribution is 2.18. The summed E-state index contributed by atoms with van der Waals surface area (Å²) >= 11 is 5.75. The van der Waals surface area contributed by atoms with Crippen LogP contribution < -0.4 is 0 Å². The van der Waals surface area contributed by atoms with Crippen LogP contribution in [0.4, 0.5) is 0 Å². The van der Waals surface area contributed by atoms with Crippen LogP contribution in [0.15, 0.2) is 24.3 Å². The Morgan fingerprint density at radius 1 is 1.27 bits per heavy atom. The Kier molecular flexibility index (Phi) is 3.00. The first-order valence-electron chi connectivity index (χ1n) is 4.80. The molecule has 0 atom stereocenters. The summed E-state index contributed by atoms with van der Waals surface area (Å²) in [7, 11) is -3.00. The Morgan fingerprint density at radius 2 is 1.93 bits per heavy atom. The van der Waals surface area contributed by atoms with Gasteiger partial charge in [0.25, 0.3) is 0 Å². The van der Waals surface area contributed by atoms with Crippen LogP contribution in [0, 0.1) is 0 Å². The highest BCUT2D eigenvalue weighted by atomic mass is 35.5. The van der Waals surface area contributed by atoms with E-state index in [1.165, 1.54) is 4.31 Å². The van der Waals surface area contributed by atoms with E-state index < -0.39 is 10.0 Å². The predicted molar refractivity (Wildman–Crippen MR) is 60.3 cm³/mol. The molecule has 0 aliphatic carbocycles. The van der Waals surface area contributed by atoms with E-state index in [-0.39, 0.29) is 5.75 Å². The van der Waals surface area contributed by atoms with Gasteiger partial charge in [-0.05, 0) is 24.1 Å². The molecule has 1 fully saturated rings. The number of hydrogen-bond donors (Lipinski definition) is 0. The topological polar surface area (TPSA) is 37.4 Å². The lowest BCUT2D eigenvalue weighted by Gasteiger charge is -2.13. The van der Waals surface area contributed by atoms with Crippen LogP contribution in [0.5, 0.6) is 0 Å². The summed E-state index contributed by atoms with van der Waals surface area (Å²) in [5.74, 6) is 0.278. The average Bonchev–Trinajstić information content (AvgIpc) is 2.50. The Hall–Kier alpha value is -0.580. The lowest BCUT2D eigenvalue weighted by molar-refractivity contribution is 0.440. The molecular weight excluding hydrogens is 234 g/mol. The standard InChI is InChI=1S/C10H12ClNO2S/c11-10-4-2-9(3-5-10)8-12-6-1-7-15(12,13)14/h2-5H,1,6-8H2. The first kappa shape index (κ1) is 10.9. The van der Waals surface area contributed by atoms with Crippen molar-refractivity contribution in [2.24, 2.45) is 0 Å². The Balaban J connectivity index is 2.12. The maximum atomic E-state index is 11.5. The summed E-state index contributed by atoms with van der Waals surface area (Å²) in [6, 6.07) is 7.27. The molecule has 82 valence electrons. The molecule has 5 heteroatoms. The third kappa shape index (κ3) is 2.51. The maximum Gasteiger partial charge on any atom is 0.214 e. The van der Waals surface area contributed by atoms with Crippen molar-refractivity contribution in [1.82, 2.24) is 4.31 Å². The van der Waals surface area contributed by atoms with Gasteiger partial charge in [0.15, 0.2) is 0 Å². The van der Waals surface area contributed by atoms with Crippen LogP contribution in [-0.4, -0.2) is 25.0 Å². The number of hydrogen-bond acceptors (Lipinski definition) is 2. The molecule has 0 unspecified atom stereocenters. The molecule has 1 saturated heterocycles. The fourth-order valence-electron chi connectivity index (χ4n) is 1.66. The molecule has 1 heterocycles. The molecule has 1 aliphatic heterocycles. The second kappa shape index (κ2) is 4.12. The summed E-state index contributed by atoms with van der Waals surface area (Å²) in [6.45, 7) is 1.09. The zero-order chi connectivity index (χ0) is 10.9. The van der Waals surface area contributed by atoms with Gasteiger partial charge in [0.2, 0.25) is 10.0 Å². The minimum atomic E-state index is -3.00. The largest absolute Gasteiger partial charge is 0.214 e. The molecule has 1 aromatic carbocycles. The minimum Gasteiger partial charge on any atom is -0.212 e. The van der Waals surface area contributed by atoms with Crippen LogP contribution in [0.1, 0.15) is 12.0 Å². The van der Waals surface area contributed by atoms with E-state index in [0.717, 1.165) is 12.0 Å². The average molecular weight is 246 g/mol. The van der Waals surface area contributed by atoms with Crippen LogP contribution in [-0.2, 0) is 16.6 Å². The van der Waals surface area contributed by atoms with Crippen molar-refractivity contribution in [1.29, 1.82) is 0 Å². The van der Waals surface area contributed by atoms with E-state index in [2.05, 4.69) is 0 Å². The van der Waals surface area contributed by atoms with E-state index >= 15 is 0 Å². The van der Waals surface area contributed by atoms with Crippen molar-refractivity contribution in [3.63, 3.8) is 0 Å². The molecule has 1 aromatic rings. The molecule has 15 heavy (non-hydrogen) atoms. The monoisotopic (exact) mass is 245 g/mol. The van der Waals surface area contributed by atoms with Crippen LogP contribution >= 0.6 is 11.6 Å². The second-order valence-corrected chi connectivity index (χ2v) is 6.15. The Labute approximate surface area is 94.7 Å². The van der Waals surface area contributed by atoms with Gasteiger partial charge >= 0.3 is 0 Å². The molecule has 0 radical (unpaired) electrons. The third-order valence-electron chi connectivity index (χ3n) is 2.48. The van der Waals surface area contributed by atoms with Crippen molar-refractivity contribution in [2.75, 3.05) is 12.3 Å². The van der Waals surface area contributed by atoms with E-state index in [9.17, 15) is 8.42 Å². The zero-order valence-electron chi connectivity index (χ0n) is 8.19. The quantitative estimate of drug-likeness (QED) is 0.798. The second-order valence-electron chi connectivity index (χ2n) is 3.63. The molecule has 1 aliphatic rings. The van der Waals surface area contributed by atoms with Gasteiger partial charge in [-0.15, -0.1) is 0 Å². The molecule has 0 N–H and O–H groups in total. The summed E-state index contributed by atoms with van der Waals surface area (Å²) in [6.07, 6.45) is 0.732. The molecule has 0 saturated carbocycles. The van der Waals surface area contributed by atoms with E-state index in [1.54, 1.807) is 12.1 Å². The third-order valence-corrected chi connectivity index (χ3v) is 4.63. The molecule has 0 bridgehead atoms. The zero-order valence-corrected chi connectivity index (χ0v) is 9.76. The fourth-order valence-corrected chi connectivity index (χ4v) is 3.29. The summed E-state index contributed by atoms with van der Waals surface area (Å²) in [5, 5.41) is 0.669. The van der Waals surface area contributed by atoms with Crippen molar-refractivity contribution in [2.45, 2.75) is 13.0 Å². The maximum absolute atomic E-state index is 11.5. The molecular formula is C10H12ClNO2S. The molecule has 3 nitrogen and oxygen atoms in total. The number of nitrogens with zero attached hydrogens (tertiary/aromatic N) is 1. The van der Waals surface area contributed by atoms with Crippen molar-refractivity contribution in [3.05, 3.63) is 34.9 Å². The van der Waals surface area contributed by atoms with E-state index in [1.807, 2.05) is 12.1 Å². The van der Waals surface area contributed by atoms with Gasteiger partial charge in [0, 0.05) is 18.1 Å². The van der Waals surface area contributed by atoms with Gasteiger partial charge in [-0.1, -0.05) is 23.7 Å². The lowest BCUT2D eigenvalue weighted by Crippen LogP contribution is -2.25. The van der Waals surface area contributed by atoms with Crippen LogP contribution in [0.2, 0.25) is 5.02 Å². The molecule has 0 spiro atoms. The van der Waals surface area contributed by atoms with E-state index in [0.29, 0.717) is 18.1 Å². The van der Waals surface area contributed by atoms with Gasteiger partial charge in [-0.3, -0.25) is 0 Å². The normalized spacial score (nSPS) is 20.6. The highest BCUT2D eigenvalue weighted by molar-refractivity contribution is 7.89. The minimum absolute atomic E-state index is 0.278. The van der Waals surface area contributed by atoms with Gasteiger partial charge in [-0.25, -0.2) is 8.42 Å². The SMILES string of the molecule is O=S1(=O)CCCN1Cc1ccc(Cl)cc1. The smallest absolute Gasteiger partial charge is 0.212 e. The summed E-state index contributed by atoms with van der Waals surface area (Å²) in [5.41, 5.74) is 0.977.